The molecule has 1 fully saturated rings. The van der Waals surface area contributed by atoms with Gasteiger partial charge in [0.25, 0.3) is 0 Å². The van der Waals surface area contributed by atoms with Crippen molar-refractivity contribution < 1.29 is 4.48 Å². The Hall–Kier alpha value is -0.0400. The number of quaternary nitrogens is 1. The zero-order chi connectivity index (χ0) is 13.1. The number of likely N-dealkylation sites (tertiary alicyclic amines) is 1. The van der Waals surface area contributed by atoms with Gasteiger partial charge in [-0.2, -0.15) is 0 Å². The molecule has 1 heterocycles. The Balaban J connectivity index is 2.19. The molecule has 0 radical (unpaired) electrons. The van der Waals surface area contributed by atoms with E-state index < -0.39 is 0 Å². The summed E-state index contributed by atoms with van der Waals surface area (Å²) in [6, 6.07) is 0. The Morgan fingerprint density at radius 2 is 1.17 bits per heavy atom. The van der Waals surface area contributed by atoms with E-state index in [-0.39, 0.29) is 0 Å². The van der Waals surface area contributed by atoms with Crippen molar-refractivity contribution in [3.05, 3.63) is 0 Å². The molecule has 0 aliphatic carbocycles. The monoisotopic (exact) mass is 254 g/mol. The lowest BCUT2D eigenvalue weighted by Crippen LogP contribution is -2.52. The van der Waals surface area contributed by atoms with E-state index in [1.165, 1.54) is 101 Å². The molecule has 0 saturated carbocycles. The van der Waals surface area contributed by atoms with Crippen LogP contribution in [-0.4, -0.2) is 30.7 Å². The Bertz CT molecular complexity index is 182. The zero-order valence-electron chi connectivity index (χ0n) is 13.1. The van der Waals surface area contributed by atoms with Gasteiger partial charge in [-0.3, -0.25) is 0 Å². The highest BCUT2D eigenvalue weighted by Gasteiger charge is 2.28. The van der Waals surface area contributed by atoms with Gasteiger partial charge in [0.05, 0.1) is 26.2 Å². The summed E-state index contributed by atoms with van der Waals surface area (Å²) in [5, 5.41) is 0. The van der Waals surface area contributed by atoms with E-state index in [9.17, 15) is 0 Å². The van der Waals surface area contributed by atoms with Gasteiger partial charge in [0.2, 0.25) is 0 Å². The smallest absolute Gasteiger partial charge is 0.0786 e. The Morgan fingerprint density at radius 1 is 0.611 bits per heavy atom. The fraction of sp³-hybridized carbons (Fsp3) is 1.00. The molecular formula is C17H36N+. The highest BCUT2D eigenvalue weighted by Crippen LogP contribution is 2.21. The Morgan fingerprint density at radius 3 is 1.83 bits per heavy atom. The molecule has 1 saturated heterocycles. The minimum atomic E-state index is 1.37. The van der Waals surface area contributed by atoms with Crippen molar-refractivity contribution in [1.29, 1.82) is 0 Å². The number of hydrogen-bond acceptors (Lipinski definition) is 0. The van der Waals surface area contributed by atoms with E-state index in [2.05, 4.69) is 13.8 Å². The summed E-state index contributed by atoms with van der Waals surface area (Å²) in [7, 11) is 0. The molecule has 1 aliphatic rings. The maximum absolute atomic E-state index is 2.34. The van der Waals surface area contributed by atoms with Gasteiger partial charge in [-0.15, -0.1) is 0 Å². The second-order valence-corrected chi connectivity index (χ2v) is 6.42. The molecule has 0 atom stereocenters. The molecule has 0 aromatic rings. The zero-order valence-corrected chi connectivity index (χ0v) is 13.1. The van der Waals surface area contributed by atoms with Crippen molar-refractivity contribution in [2.24, 2.45) is 0 Å². The number of hydrogen-bond donors (Lipinski definition) is 0. The molecule has 0 amide bonds. The molecule has 108 valence electrons. The first-order chi connectivity index (χ1) is 8.83. The summed E-state index contributed by atoms with van der Waals surface area (Å²) in [6.45, 7) is 10.5. The van der Waals surface area contributed by atoms with Gasteiger partial charge in [0.1, 0.15) is 0 Å². The number of rotatable bonds is 10. The summed E-state index contributed by atoms with van der Waals surface area (Å²) in [6.07, 6.45) is 16.0. The van der Waals surface area contributed by atoms with Crippen molar-refractivity contribution in [2.75, 3.05) is 26.2 Å². The van der Waals surface area contributed by atoms with Crippen LogP contribution in [0.25, 0.3) is 0 Å². The highest BCUT2D eigenvalue weighted by molar-refractivity contribution is 4.56. The van der Waals surface area contributed by atoms with E-state index in [0.29, 0.717) is 0 Å². The van der Waals surface area contributed by atoms with Crippen LogP contribution >= 0.6 is 0 Å². The molecule has 0 aromatic heterocycles. The van der Waals surface area contributed by atoms with E-state index in [1.54, 1.807) is 0 Å². The predicted octanol–water partition coefficient (Wildman–Crippen LogP) is 5.15. The van der Waals surface area contributed by atoms with Crippen molar-refractivity contribution in [2.45, 2.75) is 84.5 Å². The minimum absolute atomic E-state index is 1.37. The van der Waals surface area contributed by atoms with Crippen LogP contribution < -0.4 is 0 Å². The summed E-state index contributed by atoms with van der Waals surface area (Å²) in [5.74, 6) is 0. The fourth-order valence-corrected chi connectivity index (χ4v) is 3.46. The van der Waals surface area contributed by atoms with Crippen LogP contribution in [0, 0.1) is 0 Å². The molecule has 1 nitrogen and oxygen atoms in total. The van der Waals surface area contributed by atoms with Gasteiger partial charge < -0.3 is 4.48 Å². The maximum atomic E-state index is 2.34. The molecule has 0 bridgehead atoms. The SMILES string of the molecule is CCCCCCCC[N+]1(CCCC)CCCCC1. The van der Waals surface area contributed by atoms with Gasteiger partial charge in [0, 0.05) is 0 Å². The van der Waals surface area contributed by atoms with E-state index >= 15 is 0 Å². The Kier molecular flexibility index (Phi) is 8.75. The third-order valence-corrected chi connectivity index (χ3v) is 4.74. The van der Waals surface area contributed by atoms with E-state index in [4.69, 9.17) is 0 Å². The molecule has 1 rings (SSSR count). The largest absolute Gasteiger partial charge is 0.324 e. The maximum Gasteiger partial charge on any atom is 0.0786 e. The Labute approximate surface area is 116 Å². The fourth-order valence-electron chi connectivity index (χ4n) is 3.46. The third-order valence-electron chi connectivity index (χ3n) is 4.74. The van der Waals surface area contributed by atoms with Gasteiger partial charge in [-0.05, 0) is 38.5 Å². The van der Waals surface area contributed by atoms with Gasteiger partial charge >= 0.3 is 0 Å². The van der Waals surface area contributed by atoms with Crippen LogP contribution in [0.2, 0.25) is 0 Å². The standard InChI is InChI=1S/C17H36N/c1-3-5-7-8-9-11-15-18(14-6-4-2)16-12-10-13-17-18/h3-17H2,1-2H3/q+1. The van der Waals surface area contributed by atoms with Crippen LogP contribution in [-0.2, 0) is 0 Å². The first-order valence-electron chi connectivity index (χ1n) is 8.68. The van der Waals surface area contributed by atoms with Gasteiger partial charge in [-0.1, -0.05) is 46.0 Å². The van der Waals surface area contributed by atoms with E-state index in [1.807, 2.05) is 0 Å². The lowest BCUT2D eigenvalue weighted by molar-refractivity contribution is -0.932. The number of nitrogens with zero attached hydrogens (tertiary/aromatic N) is 1. The van der Waals surface area contributed by atoms with Gasteiger partial charge in [0.15, 0.2) is 0 Å². The van der Waals surface area contributed by atoms with Crippen LogP contribution in [0.1, 0.15) is 84.5 Å². The minimum Gasteiger partial charge on any atom is -0.324 e. The molecule has 18 heavy (non-hydrogen) atoms. The lowest BCUT2D eigenvalue weighted by Gasteiger charge is -2.42. The molecule has 0 aromatic carbocycles. The highest BCUT2D eigenvalue weighted by atomic mass is 15.3. The summed E-state index contributed by atoms with van der Waals surface area (Å²) >= 11 is 0. The number of piperidine rings is 1. The topological polar surface area (TPSA) is 0 Å². The summed E-state index contributed by atoms with van der Waals surface area (Å²) in [4.78, 5) is 0. The van der Waals surface area contributed by atoms with E-state index in [0.717, 1.165) is 0 Å². The van der Waals surface area contributed by atoms with Gasteiger partial charge in [-0.25, -0.2) is 0 Å². The molecule has 0 N–H and O–H groups in total. The third kappa shape index (κ3) is 6.22. The van der Waals surface area contributed by atoms with Crippen molar-refractivity contribution in [3.63, 3.8) is 0 Å². The summed E-state index contributed by atoms with van der Waals surface area (Å²) in [5.41, 5.74) is 0. The van der Waals surface area contributed by atoms with Crippen molar-refractivity contribution in [3.8, 4) is 0 Å². The quantitative estimate of drug-likeness (QED) is 0.374. The molecule has 1 heteroatoms. The second kappa shape index (κ2) is 9.83. The molecule has 0 unspecified atom stereocenters. The van der Waals surface area contributed by atoms with Crippen molar-refractivity contribution in [1.82, 2.24) is 0 Å². The van der Waals surface area contributed by atoms with Crippen LogP contribution in [0.4, 0.5) is 0 Å². The number of unbranched alkanes of at least 4 members (excludes halogenated alkanes) is 6. The average molecular weight is 254 g/mol. The normalized spacial score (nSPS) is 19.0. The second-order valence-electron chi connectivity index (χ2n) is 6.42. The van der Waals surface area contributed by atoms with Crippen LogP contribution in [0.5, 0.6) is 0 Å². The predicted molar refractivity (Wildman–Crippen MR) is 81.9 cm³/mol. The first-order valence-corrected chi connectivity index (χ1v) is 8.68. The molecule has 0 spiro atoms. The van der Waals surface area contributed by atoms with Crippen molar-refractivity contribution >= 4 is 0 Å². The average Bonchev–Trinajstić information content (AvgIpc) is 2.42. The van der Waals surface area contributed by atoms with Crippen LogP contribution in [0.3, 0.4) is 0 Å². The first kappa shape index (κ1) is 16.0. The van der Waals surface area contributed by atoms with Crippen LogP contribution in [0.15, 0.2) is 0 Å². The lowest BCUT2D eigenvalue weighted by atomic mass is 10.0. The molecular weight excluding hydrogens is 218 g/mol. The molecule has 1 aliphatic heterocycles. The summed E-state index contributed by atoms with van der Waals surface area (Å²) < 4.78 is 1.47.